The lowest BCUT2D eigenvalue weighted by molar-refractivity contribution is -0.117. The molecule has 0 bridgehead atoms. The number of rotatable bonds is 4. The molecule has 7 heteroatoms. The van der Waals surface area contributed by atoms with Crippen molar-refractivity contribution in [2.75, 3.05) is 5.01 Å². The first-order valence-electron chi connectivity index (χ1n) is 7.24. The largest absolute Gasteiger partial charge is 0.478 e. The van der Waals surface area contributed by atoms with Crippen LogP contribution in [0.5, 0.6) is 0 Å². The first kappa shape index (κ1) is 15.5. The van der Waals surface area contributed by atoms with Gasteiger partial charge in [0.25, 0.3) is 5.91 Å². The summed E-state index contributed by atoms with van der Waals surface area (Å²) in [6, 6.07) is 14.3. The number of carbonyl (C=O) groups is 2. The van der Waals surface area contributed by atoms with Crippen LogP contribution in [0.3, 0.4) is 0 Å². The molecule has 1 amide bonds. The maximum atomic E-state index is 12.5. The van der Waals surface area contributed by atoms with Gasteiger partial charge in [0, 0.05) is 0 Å². The van der Waals surface area contributed by atoms with Crippen LogP contribution in [0.1, 0.15) is 17.3 Å². The van der Waals surface area contributed by atoms with Crippen LogP contribution in [0.25, 0.3) is 0 Å². The molecule has 0 spiro atoms. The molecule has 2 aromatic carbocycles. The fourth-order valence-corrected chi connectivity index (χ4v) is 2.24. The van der Waals surface area contributed by atoms with E-state index in [2.05, 4.69) is 15.3 Å². The SMILES string of the molecule is CC1=NN(c2ccccc2)C(=O)[C@H]1N=Nc1ccc(C(=O)O)cc1. The van der Waals surface area contributed by atoms with Crippen LogP contribution in [-0.2, 0) is 4.79 Å². The fourth-order valence-electron chi connectivity index (χ4n) is 2.24. The van der Waals surface area contributed by atoms with Crippen molar-refractivity contribution >= 4 is 29.0 Å². The van der Waals surface area contributed by atoms with Crippen molar-refractivity contribution < 1.29 is 14.7 Å². The molecular formula is C17H14N4O3. The van der Waals surface area contributed by atoms with E-state index in [0.29, 0.717) is 17.1 Å². The first-order chi connectivity index (χ1) is 11.6. The molecule has 3 rings (SSSR count). The van der Waals surface area contributed by atoms with E-state index in [-0.39, 0.29) is 11.5 Å². The number of amides is 1. The van der Waals surface area contributed by atoms with Crippen molar-refractivity contribution in [3.05, 3.63) is 60.2 Å². The molecule has 0 aliphatic carbocycles. The molecule has 0 saturated carbocycles. The molecule has 120 valence electrons. The van der Waals surface area contributed by atoms with Gasteiger partial charge in [-0.3, -0.25) is 4.79 Å². The van der Waals surface area contributed by atoms with Crippen molar-refractivity contribution in [3.8, 4) is 0 Å². The Bertz CT molecular complexity index is 829. The summed E-state index contributed by atoms with van der Waals surface area (Å²) in [5.74, 6) is -1.28. The molecule has 0 aromatic heterocycles. The van der Waals surface area contributed by atoms with Crippen molar-refractivity contribution in [3.63, 3.8) is 0 Å². The number of carbonyl (C=O) groups excluding carboxylic acids is 1. The van der Waals surface area contributed by atoms with Gasteiger partial charge in [-0.15, -0.1) is 0 Å². The molecule has 1 aliphatic heterocycles. The summed E-state index contributed by atoms with van der Waals surface area (Å²) in [5.41, 5.74) is 1.86. The summed E-state index contributed by atoms with van der Waals surface area (Å²) in [7, 11) is 0. The Labute approximate surface area is 137 Å². The van der Waals surface area contributed by atoms with Gasteiger partial charge in [0.05, 0.1) is 22.6 Å². The lowest BCUT2D eigenvalue weighted by Crippen LogP contribution is -2.29. The summed E-state index contributed by atoms with van der Waals surface area (Å²) in [4.78, 5) is 23.3. The lowest BCUT2D eigenvalue weighted by atomic mass is 10.2. The zero-order chi connectivity index (χ0) is 17.1. The minimum Gasteiger partial charge on any atom is -0.478 e. The zero-order valence-corrected chi connectivity index (χ0v) is 12.8. The maximum Gasteiger partial charge on any atom is 0.335 e. The standard InChI is InChI=1S/C17H14N4O3/c1-11-15(16(22)21(20-11)14-5-3-2-4-6-14)19-18-13-9-7-12(8-10-13)17(23)24/h2-10,15H,1H3,(H,23,24)/t15-/m0/s1. The molecule has 2 aromatic rings. The summed E-state index contributed by atoms with van der Waals surface area (Å²) >= 11 is 0. The Kier molecular flexibility index (Phi) is 4.15. The van der Waals surface area contributed by atoms with Crippen molar-refractivity contribution in [2.45, 2.75) is 13.0 Å². The van der Waals surface area contributed by atoms with E-state index >= 15 is 0 Å². The maximum absolute atomic E-state index is 12.5. The van der Waals surface area contributed by atoms with E-state index in [1.807, 2.05) is 18.2 Å². The number of benzene rings is 2. The van der Waals surface area contributed by atoms with Crippen molar-refractivity contribution in [2.24, 2.45) is 15.3 Å². The Morgan fingerprint density at radius 1 is 1.12 bits per heavy atom. The topological polar surface area (TPSA) is 94.7 Å². The highest BCUT2D eigenvalue weighted by molar-refractivity contribution is 6.18. The highest BCUT2D eigenvalue weighted by Gasteiger charge is 2.34. The molecule has 0 unspecified atom stereocenters. The summed E-state index contributed by atoms with van der Waals surface area (Å²) in [5, 5.41) is 22.5. The molecule has 0 radical (unpaired) electrons. The molecule has 0 fully saturated rings. The number of carboxylic acid groups (broad SMARTS) is 1. The quantitative estimate of drug-likeness (QED) is 0.875. The third kappa shape index (κ3) is 3.05. The second-order valence-corrected chi connectivity index (χ2v) is 5.20. The van der Waals surface area contributed by atoms with Crippen LogP contribution in [0.2, 0.25) is 0 Å². The van der Waals surface area contributed by atoms with Crippen molar-refractivity contribution in [1.82, 2.24) is 0 Å². The van der Waals surface area contributed by atoms with Gasteiger partial charge in [0.15, 0.2) is 6.04 Å². The third-order valence-corrected chi connectivity index (χ3v) is 3.50. The highest BCUT2D eigenvalue weighted by atomic mass is 16.4. The van der Waals surface area contributed by atoms with Gasteiger partial charge in [-0.25, -0.2) is 4.79 Å². The molecule has 1 heterocycles. The van der Waals surface area contributed by atoms with Crippen LogP contribution in [0.4, 0.5) is 11.4 Å². The average Bonchev–Trinajstić information content (AvgIpc) is 2.88. The van der Waals surface area contributed by atoms with E-state index < -0.39 is 12.0 Å². The number of anilines is 1. The number of aromatic carboxylic acids is 1. The van der Waals surface area contributed by atoms with E-state index in [9.17, 15) is 9.59 Å². The number of azo groups is 1. The fraction of sp³-hybridized carbons (Fsp3) is 0.118. The Balaban J connectivity index is 1.77. The van der Waals surface area contributed by atoms with Crippen molar-refractivity contribution in [1.29, 1.82) is 0 Å². The van der Waals surface area contributed by atoms with E-state index in [0.717, 1.165) is 0 Å². The van der Waals surface area contributed by atoms with Gasteiger partial charge in [-0.2, -0.15) is 20.3 Å². The molecule has 1 N–H and O–H groups in total. The normalized spacial score (nSPS) is 17.4. The number of hydrazone groups is 1. The van der Waals surface area contributed by atoms with E-state index in [4.69, 9.17) is 5.11 Å². The predicted molar refractivity (Wildman–Crippen MR) is 88.7 cm³/mol. The van der Waals surface area contributed by atoms with Crippen LogP contribution in [0, 0.1) is 0 Å². The van der Waals surface area contributed by atoms with Gasteiger partial charge < -0.3 is 5.11 Å². The third-order valence-electron chi connectivity index (χ3n) is 3.50. The second-order valence-electron chi connectivity index (χ2n) is 5.20. The van der Waals surface area contributed by atoms with E-state index in [1.54, 1.807) is 19.1 Å². The summed E-state index contributed by atoms with van der Waals surface area (Å²) < 4.78 is 0. The van der Waals surface area contributed by atoms with Crippen LogP contribution in [-0.4, -0.2) is 28.7 Å². The summed E-state index contributed by atoms with van der Waals surface area (Å²) in [6.45, 7) is 1.72. The van der Waals surface area contributed by atoms with Gasteiger partial charge in [-0.05, 0) is 43.3 Å². The number of para-hydroxylation sites is 1. The molecule has 7 nitrogen and oxygen atoms in total. The molecule has 1 atom stereocenters. The molecule has 0 saturated heterocycles. The lowest BCUT2D eigenvalue weighted by Gasteiger charge is -2.11. The minimum absolute atomic E-state index is 0.166. The monoisotopic (exact) mass is 322 g/mol. The Hall–Kier alpha value is -3.35. The average molecular weight is 322 g/mol. The smallest absolute Gasteiger partial charge is 0.335 e. The van der Waals surface area contributed by atoms with Gasteiger partial charge in [0.1, 0.15) is 0 Å². The molecular weight excluding hydrogens is 308 g/mol. The van der Waals surface area contributed by atoms with Crippen LogP contribution in [0.15, 0.2) is 69.9 Å². The van der Waals surface area contributed by atoms with Gasteiger partial charge in [0.2, 0.25) is 0 Å². The van der Waals surface area contributed by atoms with E-state index in [1.165, 1.54) is 29.3 Å². The Morgan fingerprint density at radius 2 is 1.79 bits per heavy atom. The number of hydrogen-bond donors (Lipinski definition) is 1. The number of hydrogen-bond acceptors (Lipinski definition) is 5. The van der Waals surface area contributed by atoms with Crippen LogP contribution < -0.4 is 5.01 Å². The van der Waals surface area contributed by atoms with Gasteiger partial charge >= 0.3 is 5.97 Å². The first-order valence-corrected chi connectivity index (χ1v) is 7.24. The second kappa shape index (κ2) is 6.41. The van der Waals surface area contributed by atoms with Gasteiger partial charge in [-0.1, -0.05) is 18.2 Å². The number of carboxylic acids is 1. The Morgan fingerprint density at radius 3 is 2.42 bits per heavy atom. The molecule has 24 heavy (non-hydrogen) atoms. The minimum atomic E-state index is -1.01. The zero-order valence-electron chi connectivity index (χ0n) is 12.8. The molecule has 1 aliphatic rings. The number of nitrogens with zero attached hydrogens (tertiary/aromatic N) is 4. The summed E-state index contributed by atoms with van der Waals surface area (Å²) in [6.07, 6.45) is 0. The highest BCUT2D eigenvalue weighted by Crippen LogP contribution is 2.23. The van der Waals surface area contributed by atoms with Crippen LogP contribution >= 0.6 is 0 Å². The predicted octanol–water partition coefficient (Wildman–Crippen LogP) is 3.26.